The minimum Gasteiger partial charge on any atom is -0.484 e. The van der Waals surface area contributed by atoms with E-state index in [9.17, 15) is 14.4 Å². The first-order chi connectivity index (χ1) is 13.3. The lowest BCUT2D eigenvalue weighted by Gasteiger charge is -2.34. The highest BCUT2D eigenvalue weighted by Crippen LogP contribution is 2.12. The Morgan fingerprint density at radius 2 is 1.57 bits per heavy atom. The third-order valence-corrected chi connectivity index (χ3v) is 4.80. The summed E-state index contributed by atoms with van der Waals surface area (Å²) in [5.41, 5.74) is 6.89. The maximum atomic E-state index is 12.3. The van der Waals surface area contributed by atoms with Gasteiger partial charge in [0.2, 0.25) is 11.8 Å². The fraction of sp³-hybridized carbons (Fsp3) is 0.550. The number of carbonyl (C=O) groups excluding carboxylic acids is 3. The molecule has 0 spiro atoms. The molecule has 154 valence electrons. The number of ether oxygens (including phenoxy) is 1. The normalized spacial score (nSPS) is 15.3. The quantitative estimate of drug-likeness (QED) is 0.689. The van der Waals surface area contributed by atoms with Gasteiger partial charge < -0.3 is 25.6 Å². The molecular formula is C20H30N4O4. The monoisotopic (exact) mass is 390 g/mol. The number of hydrogen-bond acceptors (Lipinski definition) is 5. The van der Waals surface area contributed by atoms with E-state index in [-0.39, 0.29) is 36.8 Å². The fourth-order valence-corrected chi connectivity index (χ4v) is 2.77. The summed E-state index contributed by atoms with van der Waals surface area (Å²) in [6.45, 7) is 7.34. The molecule has 0 bridgehead atoms. The first kappa shape index (κ1) is 21.7. The molecular weight excluding hydrogens is 360 g/mol. The van der Waals surface area contributed by atoms with Gasteiger partial charge in [0, 0.05) is 26.2 Å². The van der Waals surface area contributed by atoms with Crippen LogP contribution in [0.3, 0.4) is 0 Å². The number of aryl methyl sites for hydroxylation is 1. The topological polar surface area (TPSA) is 105 Å². The van der Waals surface area contributed by atoms with Crippen molar-refractivity contribution in [1.82, 2.24) is 15.1 Å². The van der Waals surface area contributed by atoms with Crippen LogP contribution in [0.2, 0.25) is 0 Å². The van der Waals surface area contributed by atoms with Gasteiger partial charge in [-0.1, -0.05) is 31.5 Å². The highest BCUT2D eigenvalue weighted by molar-refractivity contribution is 5.87. The van der Waals surface area contributed by atoms with Crippen LogP contribution < -0.4 is 15.8 Å². The van der Waals surface area contributed by atoms with Crippen molar-refractivity contribution in [3.05, 3.63) is 29.8 Å². The zero-order valence-electron chi connectivity index (χ0n) is 16.8. The van der Waals surface area contributed by atoms with Crippen LogP contribution >= 0.6 is 0 Å². The summed E-state index contributed by atoms with van der Waals surface area (Å²) in [5.74, 6) is 0.0523. The summed E-state index contributed by atoms with van der Waals surface area (Å²) in [5, 5.41) is 2.58. The number of nitrogens with one attached hydrogen (secondary N) is 1. The van der Waals surface area contributed by atoms with Gasteiger partial charge in [-0.15, -0.1) is 0 Å². The standard InChI is InChI=1S/C20H30N4O4/c1-14(2)19(21)20(27)22-12-17(25)23-8-10-24(11-9-23)18(26)13-28-16-6-4-15(3)5-7-16/h4-7,14,19H,8-13,21H2,1-3H3,(H,22,27)/t19-/m0/s1. The van der Waals surface area contributed by atoms with E-state index in [2.05, 4.69) is 5.32 Å². The van der Waals surface area contributed by atoms with E-state index in [0.29, 0.717) is 31.9 Å². The van der Waals surface area contributed by atoms with Gasteiger partial charge in [0.1, 0.15) is 5.75 Å². The van der Waals surface area contributed by atoms with Gasteiger partial charge >= 0.3 is 0 Å². The van der Waals surface area contributed by atoms with Gasteiger partial charge in [0.15, 0.2) is 6.61 Å². The van der Waals surface area contributed by atoms with Crippen molar-refractivity contribution in [2.24, 2.45) is 11.7 Å². The molecule has 3 amide bonds. The van der Waals surface area contributed by atoms with Crippen LogP contribution in [-0.2, 0) is 14.4 Å². The van der Waals surface area contributed by atoms with Crippen molar-refractivity contribution in [2.75, 3.05) is 39.3 Å². The predicted molar refractivity (Wildman–Crippen MR) is 106 cm³/mol. The number of rotatable bonds is 7. The van der Waals surface area contributed by atoms with Crippen molar-refractivity contribution in [2.45, 2.75) is 26.8 Å². The van der Waals surface area contributed by atoms with Gasteiger partial charge in [-0.3, -0.25) is 14.4 Å². The van der Waals surface area contributed by atoms with Gasteiger partial charge in [-0.25, -0.2) is 0 Å². The van der Waals surface area contributed by atoms with Crippen LogP contribution in [-0.4, -0.2) is 72.9 Å². The van der Waals surface area contributed by atoms with Crippen LogP contribution in [0.25, 0.3) is 0 Å². The molecule has 0 aromatic heterocycles. The van der Waals surface area contributed by atoms with E-state index in [0.717, 1.165) is 5.56 Å². The maximum absolute atomic E-state index is 12.3. The predicted octanol–water partition coefficient (Wildman–Crippen LogP) is 0.144. The second-order valence-electron chi connectivity index (χ2n) is 7.35. The highest BCUT2D eigenvalue weighted by atomic mass is 16.5. The van der Waals surface area contributed by atoms with Crippen LogP contribution in [0.1, 0.15) is 19.4 Å². The lowest BCUT2D eigenvalue weighted by atomic mass is 10.1. The molecule has 0 saturated carbocycles. The average molecular weight is 390 g/mol. The molecule has 3 N–H and O–H groups in total. The summed E-state index contributed by atoms with van der Waals surface area (Å²) >= 11 is 0. The second kappa shape index (κ2) is 10.1. The summed E-state index contributed by atoms with van der Waals surface area (Å²) in [4.78, 5) is 39.7. The number of nitrogens with zero attached hydrogens (tertiary/aromatic N) is 2. The first-order valence-corrected chi connectivity index (χ1v) is 9.56. The molecule has 2 rings (SSSR count). The zero-order chi connectivity index (χ0) is 20.7. The molecule has 1 aliphatic heterocycles. The Hall–Kier alpha value is -2.61. The molecule has 1 saturated heterocycles. The fourth-order valence-electron chi connectivity index (χ4n) is 2.77. The Labute approximate surface area is 166 Å². The number of amides is 3. The third-order valence-electron chi connectivity index (χ3n) is 4.80. The van der Waals surface area contributed by atoms with E-state index in [1.165, 1.54) is 0 Å². The Bertz CT molecular complexity index is 682. The summed E-state index contributed by atoms with van der Waals surface area (Å²) < 4.78 is 5.53. The van der Waals surface area contributed by atoms with E-state index >= 15 is 0 Å². The molecule has 0 radical (unpaired) electrons. The second-order valence-corrected chi connectivity index (χ2v) is 7.35. The molecule has 1 fully saturated rings. The molecule has 1 heterocycles. The SMILES string of the molecule is Cc1ccc(OCC(=O)N2CCN(C(=O)CNC(=O)[C@@H](N)C(C)C)CC2)cc1. The minimum absolute atomic E-state index is 0.00628. The van der Waals surface area contributed by atoms with Crippen molar-refractivity contribution < 1.29 is 19.1 Å². The smallest absolute Gasteiger partial charge is 0.260 e. The lowest BCUT2D eigenvalue weighted by molar-refractivity contribution is -0.140. The number of benzene rings is 1. The molecule has 8 heteroatoms. The molecule has 1 aliphatic rings. The van der Waals surface area contributed by atoms with E-state index in [4.69, 9.17) is 10.5 Å². The van der Waals surface area contributed by atoms with Crippen molar-refractivity contribution in [1.29, 1.82) is 0 Å². The first-order valence-electron chi connectivity index (χ1n) is 9.56. The summed E-state index contributed by atoms with van der Waals surface area (Å²) in [7, 11) is 0. The van der Waals surface area contributed by atoms with E-state index in [1.807, 2.05) is 45.0 Å². The highest BCUT2D eigenvalue weighted by Gasteiger charge is 2.25. The number of piperazine rings is 1. The third kappa shape index (κ3) is 6.23. The maximum Gasteiger partial charge on any atom is 0.260 e. The minimum atomic E-state index is -0.629. The van der Waals surface area contributed by atoms with Crippen LogP contribution in [0.4, 0.5) is 0 Å². The van der Waals surface area contributed by atoms with Crippen molar-refractivity contribution in [3.8, 4) is 5.75 Å². The Kier molecular flexibility index (Phi) is 7.80. The molecule has 1 aromatic carbocycles. The summed E-state index contributed by atoms with van der Waals surface area (Å²) in [6, 6.07) is 6.89. The molecule has 0 unspecified atom stereocenters. The lowest BCUT2D eigenvalue weighted by Crippen LogP contribution is -2.54. The average Bonchev–Trinajstić information content (AvgIpc) is 2.70. The zero-order valence-corrected chi connectivity index (χ0v) is 16.8. The van der Waals surface area contributed by atoms with Gasteiger partial charge in [-0.05, 0) is 25.0 Å². The molecule has 0 aliphatic carbocycles. The summed E-state index contributed by atoms with van der Waals surface area (Å²) in [6.07, 6.45) is 0. The van der Waals surface area contributed by atoms with Crippen molar-refractivity contribution in [3.63, 3.8) is 0 Å². The van der Waals surface area contributed by atoms with Gasteiger partial charge in [0.05, 0.1) is 12.6 Å². The van der Waals surface area contributed by atoms with Gasteiger partial charge in [-0.2, -0.15) is 0 Å². The number of carbonyl (C=O) groups is 3. The Morgan fingerprint density at radius 1 is 1.04 bits per heavy atom. The van der Waals surface area contributed by atoms with Crippen LogP contribution in [0, 0.1) is 12.8 Å². The molecule has 28 heavy (non-hydrogen) atoms. The Balaban J connectivity index is 1.71. The molecule has 1 aromatic rings. The largest absolute Gasteiger partial charge is 0.484 e. The van der Waals surface area contributed by atoms with Gasteiger partial charge in [0.25, 0.3) is 5.91 Å². The van der Waals surface area contributed by atoms with Crippen LogP contribution in [0.15, 0.2) is 24.3 Å². The van der Waals surface area contributed by atoms with Crippen molar-refractivity contribution >= 4 is 17.7 Å². The van der Waals surface area contributed by atoms with E-state index < -0.39 is 6.04 Å². The van der Waals surface area contributed by atoms with E-state index in [1.54, 1.807) is 9.80 Å². The molecule has 1 atom stereocenters. The number of nitrogens with two attached hydrogens (primary N) is 1. The van der Waals surface area contributed by atoms with Crippen LogP contribution in [0.5, 0.6) is 5.75 Å². The molecule has 8 nitrogen and oxygen atoms in total. The number of hydrogen-bond donors (Lipinski definition) is 2. The Morgan fingerprint density at radius 3 is 2.11 bits per heavy atom.